The highest BCUT2D eigenvalue weighted by Gasteiger charge is 2.22. The van der Waals surface area contributed by atoms with Gasteiger partial charge in [0.15, 0.2) is 0 Å². The van der Waals surface area contributed by atoms with Gasteiger partial charge in [0.25, 0.3) is 0 Å². The number of H-pyrrole nitrogens is 1. The van der Waals surface area contributed by atoms with Crippen LogP contribution in [0.15, 0.2) is 54.6 Å². The Bertz CT molecular complexity index is 1090. The van der Waals surface area contributed by atoms with Crippen LogP contribution in [0.1, 0.15) is 51.8 Å². The van der Waals surface area contributed by atoms with E-state index >= 15 is 0 Å². The largest absolute Gasteiger partial charge is 0.497 e. The van der Waals surface area contributed by atoms with Crippen molar-refractivity contribution in [2.45, 2.75) is 46.6 Å². The average Bonchev–Trinajstić information content (AvgIpc) is 3.14. The molecule has 0 aliphatic rings. The molecular weight excluding hydrogens is 428 g/mol. The number of esters is 1. The number of hydrogen-bond donors (Lipinski definition) is 1. The molecule has 2 aromatic carbocycles. The molecule has 6 heteroatoms. The van der Waals surface area contributed by atoms with Gasteiger partial charge in [-0.25, -0.2) is 4.79 Å². The summed E-state index contributed by atoms with van der Waals surface area (Å²) in [6, 6.07) is 18.0. The molecule has 0 saturated carbocycles. The molecule has 0 aliphatic carbocycles. The maximum atomic E-state index is 13.3. The fourth-order valence-electron chi connectivity index (χ4n) is 4.03. The molecule has 0 radical (unpaired) electrons. The van der Waals surface area contributed by atoms with Gasteiger partial charge in [-0.1, -0.05) is 42.5 Å². The molecule has 0 atom stereocenters. The maximum Gasteiger partial charge on any atom is 0.355 e. The number of rotatable bonds is 11. The minimum Gasteiger partial charge on any atom is -0.497 e. The highest BCUT2D eigenvalue weighted by Crippen LogP contribution is 2.22. The van der Waals surface area contributed by atoms with Crippen LogP contribution in [0, 0.1) is 13.8 Å². The molecule has 0 saturated heterocycles. The minimum absolute atomic E-state index is 0.0874. The summed E-state index contributed by atoms with van der Waals surface area (Å²) in [5.74, 6) is 0.524. The minimum atomic E-state index is -0.365. The number of ether oxygens (including phenoxy) is 2. The summed E-state index contributed by atoms with van der Waals surface area (Å²) < 4.78 is 10.4. The molecule has 3 aromatic rings. The standard InChI is InChI=1S/C28H34N2O4/c1-5-34-28(32)27-20(2)25(21(3)29-27)19-30(18-17-22-9-7-6-8-10-22)26(31)16-13-23-11-14-24(33-4)15-12-23/h6-12,14-15,29H,5,13,16-19H2,1-4H3. The van der Waals surface area contributed by atoms with Crippen LogP contribution in [-0.2, 0) is 28.9 Å². The van der Waals surface area contributed by atoms with Crippen molar-refractivity contribution >= 4 is 11.9 Å². The molecule has 0 fully saturated rings. The van der Waals surface area contributed by atoms with Gasteiger partial charge in [-0.3, -0.25) is 4.79 Å². The molecule has 1 heterocycles. The van der Waals surface area contributed by atoms with Crippen LogP contribution >= 0.6 is 0 Å². The van der Waals surface area contributed by atoms with Crippen molar-refractivity contribution in [2.24, 2.45) is 0 Å². The number of nitrogens with zero attached hydrogens (tertiary/aromatic N) is 1. The number of nitrogens with one attached hydrogen (secondary N) is 1. The van der Waals surface area contributed by atoms with Gasteiger partial charge in [-0.05, 0) is 68.0 Å². The molecule has 0 aliphatic heterocycles. The molecule has 0 bridgehead atoms. The van der Waals surface area contributed by atoms with Crippen LogP contribution in [0.4, 0.5) is 0 Å². The fraction of sp³-hybridized carbons (Fsp3) is 0.357. The lowest BCUT2D eigenvalue weighted by molar-refractivity contribution is -0.131. The van der Waals surface area contributed by atoms with E-state index in [4.69, 9.17) is 9.47 Å². The second-order valence-electron chi connectivity index (χ2n) is 8.35. The van der Waals surface area contributed by atoms with Crippen molar-refractivity contribution in [3.8, 4) is 5.75 Å². The Morgan fingerprint density at radius 1 is 0.941 bits per heavy atom. The molecule has 34 heavy (non-hydrogen) atoms. The van der Waals surface area contributed by atoms with Gasteiger partial charge in [0, 0.05) is 25.2 Å². The summed E-state index contributed by atoms with van der Waals surface area (Å²) in [4.78, 5) is 30.7. The van der Waals surface area contributed by atoms with E-state index in [1.165, 1.54) is 5.56 Å². The quantitative estimate of drug-likeness (QED) is 0.406. The monoisotopic (exact) mass is 462 g/mol. The van der Waals surface area contributed by atoms with Gasteiger partial charge in [-0.15, -0.1) is 0 Å². The first-order valence-corrected chi connectivity index (χ1v) is 11.7. The van der Waals surface area contributed by atoms with E-state index in [9.17, 15) is 9.59 Å². The summed E-state index contributed by atoms with van der Waals surface area (Å²) in [7, 11) is 1.64. The summed E-state index contributed by atoms with van der Waals surface area (Å²) >= 11 is 0. The van der Waals surface area contributed by atoms with Gasteiger partial charge < -0.3 is 19.4 Å². The van der Waals surface area contributed by atoms with Crippen LogP contribution in [0.25, 0.3) is 0 Å². The smallest absolute Gasteiger partial charge is 0.355 e. The number of amides is 1. The van der Waals surface area contributed by atoms with Crippen LogP contribution in [0.3, 0.4) is 0 Å². The Morgan fingerprint density at radius 2 is 1.62 bits per heavy atom. The Morgan fingerprint density at radius 3 is 2.26 bits per heavy atom. The lowest BCUT2D eigenvalue weighted by Crippen LogP contribution is -2.33. The lowest BCUT2D eigenvalue weighted by Gasteiger charge is -2.24. The van der Waals surface area contributed by atoms with Crippen molar-refractivity contribution in [3.05, 3.63) is 88.2 Å². The second-order valence-corrected chi connectivity index (χ2v) is 8.35. The normalized spacial score (nSPS) is 10.7. The predicted octanol–water partition coefficient (Wildman–Crippen LogP) is 5.02. The van der Waals surface area contributed by atoms with Gasteiger partial charge in [0.1, 0.15) is 11.4 Å². The van der Waals surface area contributed by atoms with Crippen LogP contribution in [0.2, 0.25) is 0 Å². The fourth-order valence-corrected chi connectivity index (χ4v) is 4.03. The van der Waals surface area contributed by atoms with Gasteiger partial charge in [0.05, 0.1) is 13.7 Å². The van der Waals surface area contributed by atoms with Crippen molar-refractivity contribution in [2.75, 3.05) is 20.3 Å². The Balaban J connectivity index is 1.76. The third kappa shape index (κ3) is 6.50. The van der Waals surface area contributed by atoms with Crippen LogP contribution < -0.4 is 4.74 Å². The topological polar surface area (TPSA) is 71.6 Å². The third-order valence-corrected chi connectivity index (χ3v) is 6.07. The number of methoxy groups -OCH3 is 1. The molecule has 1 amide bonds. The third-order valence-electron chi connectivity index (χ3n) is 6.07. The summed E-state index contributed by atoms with van der Waals surface area (Å²) in [5, 5.41) is 0. The number of aromatic amines is 1. The average molecular weight is 463 g/mol. The lowest BCUT2D eigenvalue weighted by atomic mass is 10.1. The highest BCUT2D eigenvalue weighted by molar-refractivity contribution is 5.90. The van der Waals surface area contributed by atoms with Gasteiger partial charge >= 0.3 is 5.97 Å². The summed E-state index contributed by atoms with van der Waals surface area (Å²) in [6.45, 7) is 6.99. The predicted molar refractivity (Wildman–Crippen MR) is 133 cm³/mol. The Kier molecular flexibility index (Phi) is 8.91. The van der Waals surface area contributed by atoms with Crippen molar-refractivity contribution in [1.82, 2.24) is 9.88 Å². The van der Waals surface area contributed by atoms with E-state index in [0.717, 1.165) is 34.6 Å². The molecule has 0 spiro atoms. The van der Waals surface area contributed by atoms with E-state index < -0.39 is 0 Å². The number of benzene rings is 2. The second kappa shape index (κ2) is 12.1. The summed E-state index contributed by atoms with van der Waals surface area (Å²) in [5.41, 5.74) is 5.43. The van der Waals surface area contributed by atoms with Crippen molar-refractivity contribution < 1.29 is 19.1 Å². The van der Waals surface area contributed by atoms with Gasteiger partial charge in [0.2, 0.25) is 5.91 Å². The molecule has 180 valence electrons. The van der Waals surface area contributed by atoms with E-state index in [0.29, 0.717) is 38.2 Å². The maximum absolute atomic E-state index is 13.3. The zero-order chi connectivity index (χ0) is 24.5. The van der Waals surface area contributed by atoms with Gasteiger partial charge in [-0.2, -0.15) is 0 Å². The van der Waals surface area contributed by atoms with Crippen LogP contribution in [-0.4, -0.2) is 42.0 Å². The molecule has 3 rings (SSSR count). The first-order chi connectivity index (χ1) is 16.4. The molecule has 6 nitrogen and oxygen atoms in total. The SMILES string of the molecule is CCOC(=O)c1[nH]c(C)c(CN(CCc2ccccc2)C(=O)CCc2ccc(OC)cc2)c1C. The van der Waals surface area contributed by atoms with Crippen LogP contribution in [0.5, 0.6) is 5.75 Å². The first-order valence-electron chi connectivity index (χ1n) is 11.7. The number of carbonyl (C=O) groups is 2. The van der Waals surface area contributed by atoms with Crippen molar-refractivity contribution in [1.29, 1.82) is 0 Å². The van der Waals surface area contributed by atoms with E-state index in [1.54, 1.807) is 14.0 Å². The molecule has 1 aromatic heterocycles. The number of aryl methyl sites for hydroxylation is 2. The Hall–Kier alpha value is -3.54. The highest BCUT2D eigenvalue weighted by atomic mass is 16.5. The van der Waals surface area contributed by atoms with Crippen molar-refractivity contribution in [3.63, 3.8) is 0 Å². The van der Waals surface area contributed by atoms with E-state index in [1.807, 2.05) is 61.2 Å². The number of aromatic nitrogens is 1. The molecular formula is C28H34N2O4. The van der Waals surface area contributed by atoms with E-state index in [2.05, 4.69) is 17.1 Å². The molecule has 1 N–H and O–H groups in total. The number of hydrogen-bond acceptors (Lipinski definition) is 4. The first kappa shape index (κ1) is 25.1. The molecule has 0 unspecified atom stereocenters. The van der Waals surface area contributed by atoms with E-state index in [-0.39, 0.29) is 11.9 Å². The Labute approximate surface area is 201 Å². The number of carbonyl (C=O) groups excluding carboxylic acids is 2. The zero-order valence-corrected chi connectivity index (χ0v) is 20.5. The summed E-state index contributed by atoms with van der Waals surface area (Å²) in [6.07, 6.45) is 1.83. The zero-order valence-electron chi connectivity index (χ0n) is 20.5.